The summed E-state index contributed by atoms with van der Waals surface area (Å²) in [7, 11) is 0. The maximum absolute atomic E-state index is 12.6. The van der Waals surface area contributed by atoms with Crippen molar-refractivity contribution in [3.8, 4) is 5.75 Å². The molecule has 0 aromatic carbocycles. The Morgan fingerprint density at radius 2 is 2.04 bits per heavy atom. The van der Waals surface area contributed by atoms with Gasteiger partial charge in [0.2, 0.25) is 5.91 Å². The van der Waals surface area contributed by atoms with Crippen molar-refractivity contribution in [1.82, 2.24) is 14.8 Å². The van der Waals surface area contributed by atoms with Gasteiger partial charge in [-0.25, -0.2) is 4.79 Å². The van der Waals surface area contributed by atoms with E-state index in [2.05, 4.69) is 4.98 Å². The predicted molar refractivity (Wildman–Crippen MR) is 99.8 cm³/mol. The summed E-state index contributed by atoms with van der Waals surface area (Å²) in [5.41, 5.74) is 1.75. The monoisotopic (exact) mass is 389 g/mol. The summed E-state index contributed by atoms with van der Waals surface area (Å²) in [5.74, 6) is 1.20. The van der Waals surface area contributed by atoms with Crippen molar-refractivity contribution in [1.29, 1.82) is 0 Å². The highest BCUT2D eigenvalue weighted by Gasteiger charge is 2.44. The van der Waals surface area contributed by atoms with Crippen LogP contribution in [-0.4, -0.2) is 76.9 Å². The molecule has 0 spiro atoms. The van der Waals surface area contributed by atoms with E-state index in [1.54, 1.807) is 0 Å². The summed E-state index contributed by atoms with van der Waals surface area (Å²) in [5, 5.41) is 10.6. The lowest BCUT2D eigenvalue weighted by molar-refractivity contribution is -0.130. The van der Waals surface area contributed by atoms with Crippen LogP contribution in [0.3, 0.4) is 0 Å². The lowest BCUT2D eigenvalue weighted by Gasteiger charge is -2.35. The van der Waals surface area contributed by atoms with Crippen LogP contribution in [0.15, 0.2) is 12.1 Å². The normalized spacial score (nSPS) is 29.6. The average Bonchev–Trinajstić information content (AvgIpc) is 3.23. The van der Waals surface area contributed by atoms with Crippen molar-refractivity contribution in [2.75, 3.05) is 32.8 Å². The van der Waals surface area contributed by atoms with Crippen molar-refractivity contribution >= 4 is 12.0 Å². The number of aliphatic hydroxyl groups excluding tert-OH is 1. The number of hydrogen-bond acceptors (Lipinski definition) is 6. The molecular formula is C20H27N3O5. The molecule has 2 amide bonds. The van der Waals surface area contributed by atoms with Crippen molar-refractivity contribution in [3.63, 3.8) is 0 Å². The first kappa shape index (κ1) is 19.0. The number of nitrogens with zero attached hydrogens (tertiary/aromatic N) is 3. The largest absolute Gasteiger partial charge is 0.486 e. The van der Waals surface area contributed by atoms with Crippen LogP contribution in [0, 0.1) is 25.7 Å². The van der Waals surface area contributed by atoms with Gasteiger partial charge in [-0.3, -0.25) is 14.7 Å². The molecule has 0 unspecified atom stereocenters. The lowest BCUT2D eigenvalue weighted by Crippen LogP contribution is -2.42. The molecule has 28 heavy (non-hydrogen) atoms. The predicted octanol–water partition coefficient (Wildman–Crippen LogP) is 1.13. The molecule has 1 N–H and O–H groups in total. The molecule has 8 heteroatoms. The molecule has 3 heterocycles. The Bertz CT molecular complexity index is 770. The first-order chi connectivity index (χ1) is 13.4. The zero-order valence-corrected chi connectivity index (χ0v) is 16.3. The zero-order chi connectivity index (χ0) is 19.8. The molecule has 1 aromatic heterocycles. The van der Waals surface area contributed by atoms with E-state index < -0.39 is 12.2 Å². The minimum atomic E-state index is -0.564. The number of pyridine rings is 1. The number of aryl methyl sites for hydroxylation is 2. The van der Waals surface area contributed by atoms with E-state index in [0.29, 0.717) is 50.8 Å². The van der Waals surface area contributed by atoms with E-state index in [1.165, 1.54) is 4.90 Å². The van der Waals surface area contributed by atoms with Gasteiger partial charge in [-0.2, -0.15) is 0 Å². The molecule has 0 radical (unpaired) electrons. The maximum atomic E-state index is 12.6. The Balaban J connectivity index is 1.36. The van der Waals surface area contributed by atoms with Gasteiger partial charge < -0.3 is 19.5 Å². The van der Waals surface area contributed by atoms with E-state index >= 15 is 0 Å². The van der Waals surface area contributed by atoms with Gasteiger partial charge in [0.15, 0.2) is 0 Å². The van der Waals surface area contributed by atoms with Crippen LogP contribution < -0.4 is 4.74 Å². The molecule has 3 fully saturated rings. The number of amides is 2. The third-order valence-electron chi connectivity index (χ3n) is 6.06. The number of ether oxygens (including phenoxy) is 2. The van der Waals surface area contributed by atoms with Crippen molar-refractivity contribution < 1.29 is 24.2 Å². The number of carbonyl (C=O) groups excluding carboxylic acids is 2. The van der Waals surface area contributed by atoms with Crippen LogP contribution in [0.2, 0.25) is 0 Å². The second-order valence-corrected chi connectivity index (χ2v) is 8.09. The van der Waals surface area contributed by atoms with Gasteiger partial charge in [0.25, 0.3) is 0 Å². The summed E-state index contributed by atoms with van der Waals surface area (Å²) >= 11 is 0. The van der Waals surface area contributed by atoms with E-state index in [9.17, 15) is 14.7 Å². The van der Waals surface area contributed by atoms with Gasteiger partial charge in [0.1, 0.15) is 25.0 Å². The zero-order valence-electron chi connectivity index (χ0n) is 16.3. The summed E-state index contributed by atoms with van der Waals surface area (Å²) in [6.45, 7) is 5.97. The molecule has 1 saturated carbocycles. The highest BCUT2D eigenvalue weighted by atomic mass is 16.6. The van der Waals surface area contributed by atoms with Gasteiger partial charge in [-0.1, -0.05) is 0 Å². The van der Waals surface area contributed by atoms with Gasteiger partial charge in [0, 0.05) is 18.8 Å². The fraction of sp³-hybridized carbons (Fsp3) is 0.650. The van der Waals surface area contributed by atoms with Crippen molar-refractivity contribution in [2.24, 2.45) is 11.8 Å². The molecule has 2 saturated heterocycles. The summed E-state index contributed by atoms with van der Waals surface area (Å²) < 4.78 is 11.0. The second kappa shape index (κ2) is 7.58. The Morgan fingerprint density at radius 3 is 2.71 bits per heavy atom. The van der Waals surface area contributed by atoms with Crippen LogP contribution in [-0.2, 0) is 9.53 Å². The summed E-state index contributed by atoms with van der Waals surface area (Å²) in [6, 6.07) is 3.80. The van der Waals surface area contributed by atoms with Gasteiger partial charge >= 0.3 is 6.09 Å². The standard InChI is InChI=1S/C20H27N3O5/c1-12-3-4-17(13(2)21-12)28-18-8-15-10-23(9-14(15)7-16(18)24)19(25)11-22-5-6-27-20(22)26/h3-4,14-16,18,24H,5-11H2,1-2H3/t14-,15+,16+,18+/m0/s1. The molecule has 4 atom stereocenters. The van der Waals surface area contributed by atoms with Crippen molar-refractivity contribution in [2.45, 2.75) is 38.9 Å². The highest BCUT2D eigenvalue weighted by molar-refractivity contribution is 5.83. The molecule has 1 aliphatic carbocycles. The first-order valence-electron chi connectivity index (χ1n) is 9.89. The maximum Gasteiger partial charge on any atom is 0.410 e. The highest BCUT2D eigenvalue weighted by Crippen LogP contribution is 2.38. The Labute approximate surface area is 164 Å². The molecule has 1 aromatic rings. The Morgan fingerprint density at radius 1 is 1.29 bits per heavy atom. The van der Waals surface area contributed by atoms with Crippen molar-refractivity contribution in [3.05, 3.63) is 23.5 Å². The topological polar surface area (TPSA) is 92.2 Å². The molecular weight excluding hydrogens is 362 g/mol. The SMILES string of the molecule is Cc1ccc(O[C@@H]2C[C@@H]3CN(C(=O)CN4CCOC4=O)C[C@@H]3C[C@H]2O)c(C)n1. The first-order valence-corrected chi connectivity index (χ1v) is 9.89. The summed E-state index contributed by atoms with van der Waals surface area (Å²) in [6.07, 6.45) is 0.0345. The Hall–Kier alpha value is -2.35. The Kier molecular flexibility index (Phi) is 5.14. The van der Waals surface area contributed by atoms with Crippen LogP contribution in [0.25, 0.3) is 0 Å². The molecule has 4 rings (SSSR count). The van der Waals surface area contributed by atoms with E-state index in [4.69, 9.17) is 9.47 Å². The third-order valence-corrected chi connectivity index (χ3v) is 6.06. The third kappa shape index (κ3) is 3.78. The minimum Gasteiger partial charge on any atom is -0.486 e. The molecule has 8 nitrogen and oxygen atoms in total. The smallest absolute Gasteiger partial charge is 0.410 e. The number of likely N-dealkylation sites (tertiary alicyclic amines) is 1. The van der Waals surface area contributed by atoms with Crippen LogP contribution in [0.4, 0.5) is 4.79 Å². The number of aromatic nitrogens is 1. The molecule has 0 bridgehead atoms. The fourth-order valence-electron chi connectivity index (χ4n) is 4.51. The van der Waals surface area contributed by atoms with Gasteiger partial charge in [0.05, 0.1) is 18.3 Å². The van der Waals surface area contributed by atoms with E-state index in [1.807, 2.05) is 30.9 Å². The van der Waals surface area contributed by atoms with Crippen LogP contribution in [0.1, 0.15) is 24.2 Å². The average molecular weight is 389 g/mol. The number of carbonyl (C=O) groups is 2. The second-order valence-electron chi connectivity index (χ2n) is 8.09. The molecule has 152 valence electrons. The number of hydrogen-bond donors (Lipinski definition) is 1. The lowest BCUT2D eigenvalue weighted by atomic mass is 9.78. The van der Waals surface area contributed by atoms with Gasteiger partial charge in [-0.05, 0) is 50.7 Å². The van der Waals surface area contributed by atoms with Crippen LogP contribution in [0.5, 0.6) is 5.75 Å². The number of fused-ring (bicyclic) bond motifs is 1. The number of aliphatic hydroxyl groups is 1. The quantitative estimate of drug-likeness (QED) is 0.830. The number of cyclic esters (lactones) is 1. The molecule has 3 aliphatic rings. The van der Waals surface area contributed by atoms with E-state index in [0.717, 1.165) is 11.4 Å². The van der Waals surface area contributed by atoms with Gasteiger partial charge in [-0.15, -0.1) is 0 Å². The minimum absolute atomic E-state index is 0.0567. The van der Waals surface area contributed by atoms with E-state index in [-0.39, 0.29) is 24.5 Å². The van der Waals surface area contributed by atoms with Crippen LogP contribution >= 0.6 is 0 Å². The molecule has 2 aliphatic heterocycles. The fourth-order valence-corrected chi connectivity index (χ4v) is 4.51. The summed E-state index contributed by atoms with van der Waals surface area (Å²) in [4.78, 5) is 31.8. The number of rotatable bonds is 4.